The number of pyridine rings is 1. The van der Waals surface area contributed by atoms with Crippen LogP contribution in [0.25, 0.3) is 22.3 Å². The van der Waals surface area contributed by atoms with Crippen LogP contribution in [-0.2, 0) is 0 Å². The number of aromatic nitrogens is 4. The standard InChI is InChI=1S/C19H15N5O3/c20-18(27)16-15(13-3-1-2-8-21-13)14-12(9-22-19(14)24-23-16)17(26)10-4-6-11(25)7-5-10/h1-9,17,25-26H,(H2,20,27)(H,22,24). The lowest BCUT2D eigenvalue weighted by molar-refractivity contribution is 0.0995. The monoisotopic (exact) mass is 361 g/mol. The highest BCUT2D eigenvalue weighted by atomic mass is 16.3. The molecule has 0 radical (unpaired) electrons. The maximum absolute atomic E-state index is 11.9. The number of benzene rings is 1. The average molecular weight is 361 g/mol. The number of aromatic hydroxyl groups is 1. The lowest BCUT2D eigenvalue weighted by atomic mass is 9.96. The average Bonchev–Trinajstić information content (AvgIpc) is 3.12. The summed E-state index contributed by atoms with van der Waals surface area (Å²) < 4.78 is 0. The van der Waals surface area contributed by atoms with Gasteiger partial charge in [0.15, 0.2) is 11.3 Å². The SMILES string of the molecule is NC(=O)c1nnc2[nH]cc(C(O)c3ccc(O)cc3)c2c1-c1ccccn1. The number of phenolic OH excluding ortho intramolecular Hbond substituents is 1. The Balaban J connectivity index is 1.99. The van der Waals surface area contributed by atoms with E-state index in [4.69, 9.17) is 5.73 Å². The Morgan fingerprint density at radius 3 is 2.56 bits per heavy atom. The molecule has 1 amide bonds. The third kappa shape index (κ3) is 2.87. The van der Waals surface area contributed by atoms with E-state index in [0.29, 0.717) is 33.4 Å². The highest BCUT2D eigenvalue weighted by molar-refractivity contribution is 6.06. The van der Waals surface area contributed by atoms with Gasteiger partial charge in [0.1, 0.15) is 11.9 Å². The number of fused-ring (bicyclic) bond motifs is 1. The van der Waals surface area contributed by atoms with Crippen molar-refractivity contribution in [2.24, 2.45) is 5.73 Å². The van der Waals surface area contributed by atoms with E-state index in [1.807, 2.05) is 0 Å². The van der Waals surface area contributed by atoms with Crippen LogP contribution in [0.4, 0.5) is 0 Å². The molecule has 0 spiro atoms. The van der Waals surface area contributed by atoms with E-state index >= 15 is 0 Å². The fraction of sp³-hybridized carbons (Fsp3) is 0.0526. The second-order valence-electron chi connectivity index (χ2n) is 5.96. The minimum atomic E-state index is -1.02. The van der Waals surface area contributed by atoms with Gasteiger partial charge in [0.05, 0.1) is 5.69 Å². The van der Waals surface area contributed by atoms with Crippen LogP contribution < -0.4 is 5.73 Å². The number of primary amides is 1. The summed E-state index contributed by atoms with van der Waals surface area (Å²) in [6.07, 6.45) is 2.18. The normalized spacial score (nSPS) is 12.2. The third-order valence-corrected chi connectivity index (χ3v) is 4.28. The maximum Gasteiger partial charge on any atom is 0.269 e. The van der Waals surface area contributed by atoms with E-state index in [2.05, 4.69) is 20.2 Å². The Morgan fingerprint density at radius 2 is 1.89 bits per heavy atom. The minimum Gasteiger partial charge on any atom is -0.508 e. The van der Waals surface area contributed by atoms with Crippen molar-refractivity contribution in [1.29, 1.82) is 0 Å². The molecule has 0 saturated heterocycles. The lowest BCUT2D eigenvalue weighted by Crippen LogP contribution is -2.16. The van der Waals surface area contributed by atoms with Crippen LogP contribution in [-0.4, -0.2) is 36.3 Å². The summed E-state index contributed by atoms with van der Waals surface area (Å²) in [4.78, 5) is 19.2. The zero-order valence-corrected chi connectivity index (χ0v) is 14.0. The van der Waals surface area contributed by atoms with Crippen LogP contribution in [0, 0.1) is 0 Å². The fourth-order valence-corrected chi connectivity index (χ4v) is 3.02. The summed E-state index contributed by atoms with van der Waals surface area (Å²) in [6.45, 7) is 0. The molecule has 1 atom stereocenters. The molecule has 1 aromatic carbocycles. The largest absolute Gasteiger partial charge is 0.508 e. The van der Waals surface area contributed by atoms with Gasteiger partial charge >= 0.3 is 0 Å². The number of carbonyl (C=O) groups excluding carboxylic acids is 1. The first-order valence-electron chi connectivity index (χ1n) is 8.12. The van der Waals surface area contributed by atoms with Crippen LogP contribution in [0.2, 0.25) is 0 Å². The first-order chi connectivity index (χ1) is 13.1. The number of phenols is 1. The quantitative estimate of drug-likeness (QED) is 0.438. The van der Waals surface area contributed by atoms with Crippen molar-refractivity contribution in [3.8, 4) is 17.0 Å². The molecule has 8 nitrogen and oxygen atoms in total. The van der Waals surface area contributed by atoms with Crippen LogP contribution in [0.5, 0.6) is 5.75 Å². The number of hydrogen-bond donors (Lipinski definition) is 4. The Bertz CT molecular complexity index is 1120. The van der Waals surface area contributed by atoms with Crippen molar-refractivity contribution in [3.05, 3.63) is 71.7 Å². The van der Waals surface area contributed by atoms with Crippen LogP contribution in [0.1, 0.15) is 27.7 Å². The van der Waals surface area contributed by atoms with Crippen molar-refractivity contribution < 1.29 is 15.0 Å². The van der Waals surface area contributed by atoms with Gasteiger partial charge in [-0.25, -0.2) is 0 Å². The van der Waals surface area contributed by atoms with E-state index in [0.717, 1.165) is 0 Å². The Kier molecular flexibility index (Phi) is 4.02. The highest BCUT2D eigenvalue weighted by Crippen LogP contribution is 2.36. The summed E-state index contributed by atoms with van der Waals surface area (Å²) in [7, 11) is 0. The van der Waals surface area contributed by atoms with Crippen molar-refractivity contribution >= 4 is 16.9 Å². The van der Waals surface area contributed by atoms with Gasteiger partial charge in [-0.15, -0.1) is 10.2 Å². The predicted octanol–water partition coefficient (Wildman–Crippen LogP) is 1.91. The molecule has 3 heterocycles. The molecule has 0 fully saturated rings. The van der Waals surface area contributed by atoms with E-state index in [-0.39, 0.29) is 11.4 Å². The van der Waals surface area contributed by atoms with Gasteiger partial charge in [-0.2, -0.15) is 0 Å². The zero-order chi connectivity index (χ0) is 19.0. The molecule has 1 unspecified atom stereocenters. The lowest BCUT2D eigenvalue weighted by Gasteiger charge is -2.13. The molecule has 0 aliphatic rings. The summed E-state index contributed by atoms with van der Waals surface area (Å²) in [5.41, 5.74) is 7.82. The molecule has 4 rings (SSSR count). The van der Waals surface area contributed by atoms with Crippen molar-refractivity contribution in [3.63, 3.8) is 0 Å². The molecule has 5 N–H and O–H groups in total. The first-order valence-corrected chi connectivity index (χ1v) is 8.12. The molecule has 0 aliphatic carbocycles. The fourth-order valence-electron chi connectivity index (χ4n) is 3.02. The summed E-state index contributed by atoms with van der Waals surface area (Å²) in [5, 5.41) is 28.8. The van der Waals surface area contributed by atoms with Crippen molar-refractivity contribution in [2.45, 2.75) is 6.10 Å². The topological polar surface area (TPSA) is 138 Å². The number of aliphatic hydroxyl groups is 1. The first kappa shape index (κ1) is 16.7. The molecular formula is C19H15N5O3. The molecule has 27 heavy (non-hydrogen) atoms. The second kappa shape index (κ2) is 6.50. The molecule has 0 aliphatic heterocycles. The van der Waals surface area contributed by atoms with Crippen molar-refractivity contribution in [1.82, 2.24) is 20.2 Å². The second-order valence-corrected chi connectivity index (χ2v) is 5.96. The smallest absolute Gasteiger partial charge is 0.269 e. The molecule has 3 aromatic heterocycles. The zero-order valence-electron chi connectivity index (χ0n) is 14.0. The molecule has 4 aromatic rings. The Morgan fingerprint density at radius 1 is 1.11 bits per heavy atom. The number of H-pyrrole nitrogens is 1. The van der Waals surface area contributed by atoms with Gasteiger partial charge in [-0.05, 0) is 29.8 Å². The van der Waals surface area contributed by atoms with Crippen molar-refractivity contribution in [2.75, 3.05) is 0 Å². The van der Waals surface area contributed by atoms with Gasteiger partial charge in [0, 0.05) is 28.9 Å². The highest BCUT2D eigenvalue weighted by Gasteiger charge is 2.24. The van der Waals surface area contributed by atoms with Crippen LogP contribution >= 0.6 is 0 Å². The summed E-state index contributed by atoms with van der Waals surface area (Å²) in [5.74, 6) is -0.641. The molecule has 8 heteroatoms. The number of aromatic amines is 1. The van der Waals surface area contributed by atoms with Gasteiger partial charge in [-0.1, -0.05) is 18.2 Å². The minimum absolute atomic E-state index is 0.0278. The number of nitrogens with two attached hydrogens (primary N) is 1. The maximum atomic E-state index is 11.9. The van der Waals surface area contributed by atoms with E-state index in [1.54, 1.807) is 42.7 Å². The molecule has 0 bridgehead atoms. The number of rotatable bonds is 4. The van der Waals surface area contributed by atoms with Gasteiger partial charge in [0.2, 0.25) is 0 Å². The molecule has 134 valence electrons. The Hall–Kier alpha value is -3.78. The Labute approximate surface area is 153 Å². The summed E-state index contributed by atoms with van der Waals surface area (Å²) >= 11 is 0. The molecule has 0 saturated carbocycles. The number of nitrogens with zero attached hydrogens (tertiary/aromatic N) is 3. The van der Waals surface area contributed by atoms with E-state index < -0.39 is 12.0 Å². The third-order valence-electron chi connectivity index (χ3n) is 4.28. The van der Waals surface area contributed by atoms with E-state index in [9.17, 15) is 15.0 Å². The number of carbonyl (C=O) groups is 1. The van der Waals surface area contributed by atoms with Crippen LogP contribution in [0.3, 0.4) is 0 Å². The van der Waals surface area contributed by atoms with Gasteiger partial charge in [0.25, 0.3) is 5.91 Å². The van der Waals surface area contributed by atoms with Crippen LogP contribution in [0.15, 0.2) is 54.9 Å². The number of aliphatic hydroxyl groups excluding tert-OH is 1. The number of hydrogen-bond acceptors (Lipinski definition) is 6. The van der Waals surface area contributed by atoms with Gasteiger partial charge < -0.3 is 20.9 Å². The van der Waals surface area contributed by atoms with Gasteiger partial charge in [-0.3, -0.25) is 9.78 Å². The number of amides is 1. The molecular weight excluding hydrogens is 346 g/mol. The predicted molar refractivity (Wildman–Crippen MR) is 97.8 cm³/mol. The van der Waals surface area contributed by atoms with E-state index in [1.165, 1.54) is 12.1 Å². The summed E-state index contributed by atoms with van der Waals surface area (Å²) in [6, 6.07) is 11.5. The number of nitrogens with one attached hydrogen (secondary N) is 1.